The summed E-state index contributed by atoms with van der Waals surface area (Å²) in [7, 11) is 0. The summed E-state index contributed by atoms with van der Waals surface area (Å²) in [6.45, 7) is 2.89. The lowest BCUT2D eigenvalue weighted by atomic mass is 10.2. The highest BCUT2D eigenvalue weighted by Gasteiger charge is 2.16. The van der Waals surface area contributed by atoms with Crippen LogP contribution < -0.4 is 5.73 Å². The Bertz CT molecular complexity index is 447. The molecule has 0 aliphatic heterocycles. The van der Waals surface area contributed by atoms with Crippen LogP contribution in [-0.4, -0.2) is 28.9 Å². The first-order chi connectivity index (χ1) is 8.43. The maximum atomic E-state index is 12.3. The molecule has 2 N–H and O–H groups in total. The van der Waals surface area contributed by atoms with Gasteiger partial charge in [0.15, 0.2) is 0 Å². The molecule has 0 radical (unpaired) electrons. The Morgan fingerprint density at radius 3 is 2.67 bits per heavy atom. The molecule has 0 saturated carbocycles. The Morgan fingerprint density at radius 2 is 2.17 bits per heavy atom. The van der Waals surface area contributed by atoms with Crippen molar-refractivity contribution in [1.29, 1.82) is 0 Å². The molecule has 0 aliphatic rings. The Labute approximate surface area is 125 Å². The number of hydrogen-bond acceptors (Lipinski definition) is 2. The molecule has 0 aliphatic carbocycles. The second kappa shape index (κ2) is 7.07. The first-order valence-corrected chi connectivity index (χ1v) is 7.05. The van der Waals surface area contributed by atoms with Gasteiger partial charge in [-0.15, -0.1) is 0 Å². The van der Waals surface area contributed by atoms with E-state index in [9.17, 15) is 4.79 Å². The van der Waals surface area contributed by atoms with Gasteiger partial charge < -0.3 is 10.6 Å². The van der Waals surface area contributed by atoms with Crippen LogP contribution in [0.1, 0.15) is 23.7 Å². The summed E-state index contributed by atoms with van der Waals surface area (Å²) in [5, 5.41) is 0.513. The first-order valence-electron chi connectivity index (χ1n) is 5.47. The predicted octanol–water partition coefficient (Wildman–Crippen LogP) is 3.24. The zero-order valence-electron chi connectivity index (χ0n) is 9.95. The molecule has 0 atom stereocenters. The van der Waals surface area contributed by atoms with Crippen LogP contribution in [0.15, 0.2) is 22.7 Å². The number of benzene rings is 1. The average molecular weight is 350 g/mol. The molecule has 98 valence electrons. The van der Waals surface area contributed by atoms with Gasteiger partial charge in [0.25, 0.3) is 5.91 Å². The maximum absolute atomic E-state index is 12.3. The zero-order chi connectivity index (χ0) is 13.7. The molecule has 1 aromatic rings. The molecular weight excluding hydrogens is 336 g/mol. The number of nitrogens with zero attached hydrogens (tertiary/aromatic N) is 1. The van der Waals surface area contributed by atoms with E-state index in [4.69, 9.17) is 29.6 Å². The summed E-state index contributed by atoms with van der Waals surface area (Å²) in [6.07, 6.45) is 0.843. The van der Waals surface area contributed by atoms with Crippen LogP contribution in [0.25, 0.3) is 0 Å². The number of carbonyl (C=O) groups is 1. The number of rotatable bonds is 5. The summed E-state index contributed by atoms with van der Waals surface area (Å²) < 4.78 is 0.769. The lowest BCUT2D eigenvalue weighted by Crippen LogP contribution is -2.38. The summed E-state index contributed by atoms with van der Waals surface area (Å²) >= 11 is 14.1. The van der Waals surface area contributed by atoms with Crippen molar-refractivity contribution in [3.8, 4) is 0 Å². The van der Waals surface area contributed by atoms with E-state index in [0.717, 1.165) is 10.9 Å². The summed E-state index contributed by atoms with van der Waals surface area (Å²) in [5.74, 6) is -0.118. The van der Waals surface area contributed by atoms with Gasteiger partial charge in [0.1, 0.15) is 0 Å². The molecule has 6 heteroatoms. The molecule has 0 aromatic heterocycles. The standard InChI is InChI=1S/C12H14BrClN2OS/c1-2-3-16(7-11(15)18)12(17)8-4-9(13)6-10(14)5-8/h4-6H,2-3,7H2,1H3,(H2,15,18). The van der Waals surface area contributed by atoms with Crippen molar-refractivity contribution in [3.05, 3.63) is 33.3 Å². The summed E-state index contributed by atoms with van der Waals surface area (Å²) in [4.78, 5) is 14.2. The number of nitrogens with two attached hydrogens (primary N) is 1. The minimum Gasteiger partial charge on any atom is -0.392 e. The third-order valence-electron chi connectivity index (χ3n) is 2.24. The predicted molar refractivity (Wildman–Crippen MR) is 82.1 cm³/mol. The average Bonchev–Trinajstić information content (AvgIpc) is 2.25. The van der Waals surface area contributed by atoms with Crippen LogP contribution in [0.2, 0.25) is 5.02 Å². The molecule has 0 saturated heterocycles. The molecule has 0 bridgehead atoms. The molecule has 1 amide bonds. The fourth-order valence-electron chi connectivity index (χ4n) is 1.57. The number of halogens is 2. The van der Waals surface area contributed by atoms with Gasteiger partial charge in [-0.3, -0.25) is 4.79 Å². The van der Waals surface area contributed by atoms with Crippen molar-refractivity contribution in [2.24, 2.45) is 5.73 Å². The van der Waals surface area contributed by atoms with Crippen LogP contribution in [0, 0.1) is 0 Å². The number of amides is 1. The van der Waals surface area contributed by atoms with Crippen molar-refractivity contribution in [3.63, 3.8) is 0 Å². The van der Waals surface area contributed by atoms with Gasteiger partial charge in [0.2, 0.25) is 0 Å². The van der Waals surface area contributed by atoms with Gasteiger partial charge in [-0.2, -0.15) is 0 Å². The molecule has 0 heterocycles. The summed E-state index contributed by atoms with van der Waals surface area (Å²) in [5.41, 5.74) is 6.03. The maximum Gasteiger partial charge on any atom is 0.254 e. The largest absolute Gasteiger partial charge is 0.392 e. The van der Waals surface area contributed by atoms with Gasteiger partial charge in [-0.1, -0.05) is 46.7 Å². The summed E-state index contributed by atoms with van der Waals surface area (Å²) in [6, 6.07) is 5.10. The van der Waals surface area contributed by atoms with Gasteiger partial charge in [0.05, 0.1) is 11.5 Å². The molecule has 1 aromatic carbocycles. The Balaban J connectivity index is 2.97. The fourth-order valence-corrected chi connectivity index (χ4v) is 2.59. The second-order valence-corrected chi connectivity index (χ2v) is 5.73. The van der Waals surface area contributed by atoms with Crippen molar-refractivity contribution < 1.29 is 4.79 Å². The SMILES string of the molecule is CCCN(CC(N)=S)C(=O)c1cc(Cl)cc(Br)c1. The Hall–Kier alpha value is -0.650. The van der Waals surface area contributed by atoms with Gasteiger partial charge in [-0.05, 0) is 24.6 Å². The Kier molecular flexibility index (Phi) is 6.05. The van der Waals surface area contributed by atoms with E-state index in [0.29, 0.717) is 22.1 Å². The number of carbonyl (C=O) groups excluding carboxylic acids is 1. The third-order valence-corrected chi connectivity index (χ3v) is 3.04. The molecule has 0 unspecified atom stereocenters. The Morgan fingerprint density at radius 1 is 1.50 bits per heavy atom. The normalized spacial score (nSPS) is 10.2. The minimum atomic E-state index is -0.118. The van der Waals surface area contributed by atoms with Gasteiger partial charge in [-0.25, -0.2) is 0 Å². The highest BCUT2D eigenvalue weighted by molar-refractivity contribution is 9.10. The van der Waals surface area contributed by atoms with E-state index in [1.54, 1.807) is 23.1 Å². The molecule has 0 fully saturated rings. The zero-order valence-corrected chi connectivity index (χ0v) is 13.1. The van der Waals surface area contributed by atoms with Crippen LogP contribution >= 0.6 is 39.7 Å². The van der Waals surface area contributed by atoms with Crippen LogP contribution in [0.5, 0.6) is 0 Å². The van der Waals surface area contributed by atoms with Gasteiger partial charge >= 0.3 is 0 Å². The highest BCUT2D eigenvalue weighted by atomic mass is 79.9. The van der Waals surface area contributed by atoms with E-state index in [2.05, 4.69) is 15.9 Å². The number of thiocarbonyl (C=S) groups is 1. The van der Waals surface area contributed by atoms with Crippen LogP contribution in [-0.2, 0) is 0 Å². The van der Waals surface area contributed by atoms with Crippen LogP contribution in [0.4, 0.5) is 0 Å². The second-order valence-electron chi connectivity index (χ2n) is 3.85. The fraction of sp³-hybridized carbons (Fsp3) is 0.333. The molecular formula is C12H14BrClN2OS. The van der Waals surface area contributed by atoms with Crippen molar-refractivity contribution in [1.82, 2.24) is 4.90 Å². The van der Waals surface area contributed by atoms with E-state index in [1.807, 2.05) is 6.92 Å². The molecule has 1 rings (SSSR count). The van der Waals surface area contributed by atoms with Gasteiger partial charge in [0, 0.05) is 21.6 Å². The van der Waals surface area contributed by atoms with Crippen molar-refractivity contribution in [2.75, 3.05) is 13.1 Å². The topological polar surface area (TPSA) is 46.3 Å². The lowest BCUT2D eigenvalue weighted by molar-refractivity contribution is 0.0780. The minimum absolute atomic E-state index is 0.118. The molecule has 0 spiro atoms. The highest BCUT2D eigenvalue weighted by Crippen LogP contribution is 2.20. The van der Waals surface area contributed by atoms with E-state index < -0.39 is 0 Å². The number of hydrogen-bond donors (Lipinski definition) is 1. The quantitative estimate of drug-likeness (QED) is 0.830. The lowest BCUT2D eigenvalue weighted by Gasteiger charge is -2.21. The van der Waals surface area contributed by atoms with E-state index in [1.165, 1.54) is 0 Å². The molecule has 3 nitrogen and oxygen atoms in total. The smallest absolute Gasteiger partial charge is 0.254 e. The first kappa shape index (κ1) is 15.4. The van der Waals surface area contributed by atoms with Crippen molar-refractivity contribution >= 4 is 50.6 Å². The monoisotopic (exact) mass is 348 g/mol. The van der Waals surface area contributed by atoms with Crippen LogP contribution in [0.3, 0.4) is 0 Å². The van der Waals surface area contributed by atoms with E-state index in [-0.39, 0.29) is 12.5 Å². The molecule has 18 heavy (non-hydrogen) atoms. The van der Waals surface area contributed by atoms with E-state index >= 15 is 0 Å². The van der Waals surface area contributed by atoms with Crippen molar-refractivity contribution in [2.45, 2.75) is 13.3 Å². The third kappa shape index (κ3) is 4.55.